The van der Waals surface area contributed by atoms with E-state index in [9.17, 15) is 14.7 Å². The molecule has 0 radical (unpaired) electrons. The van der Waals surface area contributed by atoms with E-state index in [0.717, 1.165) is 31.2 Å². The average molecular weight is 345 g/mol. The Labute approximate surface area is 149 Å². The van der Waals surface area contributed by atoms with Crippen LogP contribution in [0.2, 0.25) is 0 Å². The number of rotatable bonds is 6. The molecule has 1 aromatic rings. The van der Waals surface area contributed by atoms with Gasteiger partial charge in [-0.05, 0) is 24.8 Å². The van der Waals surface area contributed by atoms with Gasteiger partial charge in [0.05, 0.1) is 12.0 Å². The Hall–Kier alpha value is -1.88. The van der Waals surface area contributed by atoms with Gasteiger partial charge in [0.2, 0.25) is 0 Å². The van der Waals surface area contributed by atoms with Crippen LogP contribution in [0.1, 0.15) is 50.5 Å². The van der Waals surface area contributed by atoms with Crippen molar-refractivity contribution in [3.05, 3.63) is 35.9 Å². The number of ether oxygens (including phenoxy) is 1. The highest BCUT2D eigenvalue weighted by Gasteiger charge is 2.42. The molecule has 1 heterocycles. The van der Waals surface area contributed by atoms with Crippen molar-refractivity contribution >= 4 is 11.9 Å². The Kier molecular flexibility index (Phi) is 5.74. The van der Waals surface area contributed by atoms with Crippen LogP contribution in [0.15, 0.2) is 30.3 Å². The van der Waals surface area contributed by atoms with Crippen molar-refractivity contribution in [2.24, 2.45) is 5.92 Å². The fraction of sp³-hybridized carbons (Fsp3) is 0.600. The van der Waals surface area contributed by atoms with Gasteiger partial charge in [-0.25, -0.2) is 0 Å². The third-order valence-electron chi connectivity index (χ3n) is 5.48. The minimum Gasteiger partial charge on any atom is -0.481 e. The molecule has 0 bridgehead atoms. The highest BCUT2D eigenvalue weighted by Crippen LogP contribution is 2.34. The molecular formula is C20H27NO4. The van der Waals surface area contributed by atoms with Gasteiger partial charge < -0.3 is 14.7 Å². The van der Waals surface area contributed by atoms with Gasteiger partial charge in [0, 0.05) is 19.0 Å². The van der Waals surface area contributed by atoms with Crippen LogP contribution in [0.5, 0.6) is 0 Å². The minimum atomic E-state index is -0.839. The molecule has 2 aliphatic rings. The first-order valence-corrected chi connectivity index (χ1v) is 9.32. The van der Waals surface area contributed by atoms with Crippen LogP contribution in [0.25, 0.3) is 0 Å². The lowest BCUT2D eigenvalue weighted by atomic mass is 9.89. The lowest BCUT2D eigenvalue weighted by Gasteiger charge is -2.25. The molecule has 1 saturated carbocycles. The van der Waals surface area contributed by atoms with Crippen molar-refractivity contribution in [1.82, 2.24) is 4.90 Å². The summed E-state index contributed by atoms with van der Waals surface area (Å²) < 4.78 is 6.03. The maximum Gasteiger partial charge on any atom is 0.308 e. The smallest absolute Gasteiger partial charge is 0.308 e. The number of carbonyl (C=O) groups is 2. The Balaban J connectivity index is 1.71. The fourth-order valence-electron chi connectivity index (χ4n) is 4.06. The maximum atomic E-state index is 12.9. The van der Waals surface area contributed by atoms with Crippen LogP contribution in [0.4, 0.5) is 0 Å². The normalized spacial score (nSPS) is 25.2. The van der Waals surface area contributed by atoms with Gasteiger partial charge in [0.25, 0.3) is 5.91 Å². The number of aliphatic carboxylic acids is 1. The molecule has 136 valence electrons. The number of nitrogens with zero attached hydrogens (tertiary/aromatic N) is 1. The minimum absolute atomic E-state index is 0.0564. The molecule has 0 spiro atoms. The van der Waals surface area contributed by atoms with Gasteiger partial charge in [-0.15, -0.1) is 0 Å². The largest absolute Gasteiger partial charge is 0.481 e. The number of carboxylic acid groups (broad SMARTS) is 1. The standard InChI is InChI=1S/C20H27NO4/c1-2-18(25-15-10-6-7-11-15)19(22)21-12-16(17(13-21)20(23)24)14-8-4-3-5-9-14/h3-5,8-9,15-18H,2,6-7,10-13H2,1H3,(H,23,24). The molecule has 5 nitrogen and oxygen atoms in total. The molecule has 1 aliphatic heterocycles. The van der Waals surface area contributed by atoms with Crippen molar-refractivity contribution in [1.29, 1.82) is 0 Å². The first-order chi connectivity index (χ1) is 12.1. The number of hydrogen-bond acceptors (Lipinski definition) is 3. The molecule has 1 aliphatic carbocycles. The fourth-order valence-corrected chi connectivity index (χ4v) is 4.06. The number of carbonyl (C=O) groups excluding carboxylic acids is 1. The molecule has 1 amide bonds. The van der Waals surface area contributed by atoms with E-state index in [0.29, 0.717) is 13.0 Å². The van der Waals surface area contributed by atoms with E-state index in [4.69, 9.17) is 4.74 Å². The molecule has 3 unspecified atom stereocenters. The summed E-state index contributed by atoms with van der Waals surface area (Å²) in [5, 5.41) is 9.60. The quantitative estimate of drug-likeness (QED) is 0.860. The predicted molar refractivity (Wildman–Crippen MR) is 94.3 cm³/mol. The highest BCUT2D eigenvalue weighted by atomic mass is 16.5. The predicted octanol–water partition coefficient (Wildman–Crippen LogP) is 3.05. The number of amides is 1. The summed E-state index contributed by atoms with van der Waals surface area (Å²) in [6.45, 7) is 2.67. The van der Waals surface area contributed by atoms with Crippen LogP contribution in [0, 0.1) is 5.92 Å². The summed E-state index contributed by atoms with van der Waals surface area (Å²) in [5.74, 6) is -1.62. The highest BCUT2D eigenvalue weighted by molar-refractivity contribution is 5.83. The lowest BCUT2D eigenvalue weighted by Crippen LogP contribution is -2.40. The zero-order valence-corrected chi connectivity index (χ0v) is 14.8. The molecular weight excluding hydrogens is 318 g/mol. The van der Waals surface area contributed by atoms with Crippen LogP contribution < -0.4 is 0 Å². The molecule has 25 heavy (non-hydrogen) atoms. The summed E-state index contributed by atoms with van der Waals surface area (Å²) in [6, 6.07) is 9.63. The van der Waals surface area contributed by atoms with Gasteiger partial charge in [0.15, 0.2) is 0 Å². The van der Waals surface area contributed by atoms with Crippen LogP contribution in [-0.2, 0) is 14.3 Å². The summed E-state index contributed by atoms with van der Waals surface area (Å²) in [5.41, 5.74) is 0.981. The average Bonchev–Trinajstić information content (AvgIpc) is 3.29. The second-order valence-corrected chi connectivity index (χ2v) is 7.14. The molecule has 1 N–H and O–H groups in total. The molecule has 5 heteroatoms. The van der Waals surface area contributed by atoms with E-state index < -0.39 is 18.0 Å². The Morgan fingerprint density at radius 1 is 1.20 bits per heavy atom. The van der Waals surface area contributed by atoms with Crippen LogP contribution in [-0.4, -0.2) is 47.2 Å². The van der Waals surface area contributed by atoms with Gasteiger partial charge in [0.1, 0.15) is 6.10 Å². The molecule has 3 rings (SSSR count). The van der Waals surface area contributed by atoms with Crippen molar-refractivity contribution in [3.63, 3.8) is 0 Å². The third-order valence-corrected chi connectivity index (χ3v) is 5.48. The van der Waals surface area contributed by atoms with Gasteiger partial charge in [-0.1, -0.05) is 50.1 Å². The SMILES string of the molecule is CCC(OC1CCCC1)C(=O)N1CC(C(=O)O)C(c2ccccc2)C1. The molecule has 2 fully saturated rings. The summed E-state index contributed by atoms with van der Waals surface area (Å²) in [7, 11) is 0. The third kappa shape index (κ3) is 4.03. The number of carboxylic acids is 1. The van der Waals surface area contributed by atoms with Crippen LogP contribution in [0.3, 0.4) is 0 Å². The Bertz CT molecular complexity index is 597. The van der Waals surface area contributed by atoms with E-state index in [1.807, 2.05) is 37.3 Å². The van der Waals surface area contributed by atoms with E-state index in [1.165, 1.54) is 0 Å². The van der Waals surface area contributed by atoms with Gasteiger partial charge >= 0.3 is 5.97 Å². The monoisotopic (exact) mass is 345 g/mol. The van der Waals surface area contributed by atoms with Gasteiger partial charge in [-0.3, -0.25) is 9.59 Å². The molecule has 1 saturated heterocycles. The second kappa shape index (κ2) is 8.00. The number of likely N-dealkylation sites (tertiary alicyclic amines) is 1. The molecule has 1 aromatic carbocycles. The Morgan fingerprint density at radius 3 is 2.48 bits per heavy atom. The van der Waals surface area contributed by atoms with Crippen molar-refractivity contribution in [2.45, 2.75) is 57.2 Å². The summed E-state index contributed by atoms with van der Waals surface area (Å²) in [4.78, 5) is 26.3. The first kappa shape index (κ1) is 17.9. The van der Waals surface area contributed by atoms with E-state index >= 15 is 0 Å². The second-order valence-electron chi connectivity index (χ2n) is 7.14. The van der Waals surface area contributed by atoms with Crippen molar-refractivity contribution < 1.29 is 19.4 Å². The molecule has 3 atom stereocenters. The van der Waals surface area contributed by atoms with E-state index in [2.05, 4.69) is 0 Å². The topological polar surface area (TPSA) is 66.8 Å². The zero-order chi connectivity index (χ0) is 17.8. The van der Waals surface area contributed by atoms with Crippen molar-refractivity contribution in [3.8, 4) is 0 Å². The number of benzene rings is 1. The van der Waals surface area contributed by atoms with Crippen molar-refractivity contribution in [2.75, 3.05) is 13.1 Å². The lowest BCUT2D eigenvalue weighted by molar-refractivity contribution is -0.147. The maximum absolute atomic E-state index is 12.9. The van der Waals surface area contributed by atoms with Crippen LogP contribution >= 0.6 is 0 Å². The summed E-state index contributed by atoms with van der Waals surface area (Å²) >= 11 is 0. The Morgan fingerprint density at radius 2 is 1.88 bits per heavy atom. The first-order valence-electron chi connectivity index (χ1n) is 9.32. The number of hydrogen-bond donors (Lipinski definition) is 1. The zero-order valence-electron chi connectivity index (χ0n) is 14.8. The van der Waals surface area contributed by atoms with Gasteiger partial charge in [-0.2, -0.15) is 0 Å². The van der Waals surface area contributed by atoms with E-state index in [-0.39, 0.29) is 24.5 Å². The summed E-state index contributed by atoms with van der Waals surface area (Å²) in [6.07, 6.45) is 4.72. The van der Waals surface area contributed by atoms with E-state index in [1.54, 1.807) is 4.90 Å². The molecule has 0 aromatic heterocycles.